The molecule has 1 aromatic carbocycles. The van der Waals surface area contributed by atoms with Crippen LogP contribution in [0.25, 0.3) is 0 Å². The fourth-order valence-corrected chi connectivity index (χ4v) is 2.41. The first-order valence-corrected chi connectivity index (χ1v) is 6.10. The molecule has 17 heavy (non-hydrogen) atoms. The molecule has 0 radical (unpaired) electrons. The summed E-state index contributed by atoms with van der Waals surface area (Å²) >= 11 is 0. The van der Waals surface area contributed by atoms with Gasteiger partial charge in [0.25, 0.3) is 0 Å². The first kappa shape index (κ1) is 12.0. The molecule has 1 aliphatic heterocycles. The largest absolute Gasteiger partial charge is 0.306 e. The average Bonchev–Trinajstić information content (AvgIpc) is 2.37. The molecule has 0 saturated carbocycles. The van der Waals surface area contributed by atoms with E-state index in [0.29, 0.717) is 12.5 Å². The third-order valence-corrected chi connectivity index (χ3v) is 3.47. The maximum absolute atomic E-state index is 10.1. The lowest BCUT2D eigenvalue weighted by Crippen LogP contribution is -2.29. The number of carbonyl (C=O) groups excluding carboxylic acids is 1. The maximum atomic E-state index is 10.1. The number of hydrogen-bond acceptors (Lipinski definition) is 3. The van der Waals surface area contributed by atoms with Crippen molar-refractivity contribution >= 4 is 6.08 Å². The lowest BCUT2D eigenvalue weighted by molar-refractivity contribution is 0.255. The van der Waals surface area contributed by atoms with Gasteiger partial charge in [-0.1, -0.05) is 24.3 Å². The van der Waals surface area contributed by atoms with Crippen LogP contribution in [-0.2, 0) is 11.3 Å². The van der Waals surface area contributed by atoms with E-state index in [0.717, 1.165) is 5.56 Å². The van der Waals surface area contributed by atoms with Gasteiger partial charge in [-0.2, -0.15) is 0 Å². The van der Waals surface area contributed by atoms with Gasteiger partial charge >= 0.3 is 0 Å². The van der Waals surface area contributed by atoms with Gasteiger partial charge in [0, 0.05) is 0 Å². The summed E-state index contributed by atoms with van der Waals surface area (Å²) in [7, 11) is 2.17. The van der Waals surface area contributed by atoms with E-state index < -0.39 is 0 Å². The van der Waals surface area contributed by atoms with Gasteiger partial charge in [0.15, 0.2) is 0 Å². The Hall–Kier alpha value is -1.44. The number of nitrogens with zero attached hydrogens (tertiary/aromatic N) is 2. The Morgan fingerprint density at radius 3 is 2.88 bits per heavy atom. The Labute approximate surface area is 102 Å². The standard InChI is InChI=1S/C14H18N2O/c1-16-7-5-13(6-8-16)14-4-2-3-12(9-14)10-15-11-17/h2-4,9,13H,5-8,10H2,1H3. The molecule has 1 fully saturated rings. The molecular formula is C14H18N2O. The van der Waals surface area contributed by atoms with Gasteiger partial charge in [-0.15, -0.1) is 0 Å². The van der Waals surface area contributed by atoms with Gasteiger partial charge in [-0.3, -0.25) is 0 Å². The molecule has 0 amide bonds. The second-order valence-electron chi connectivity index (χ2n) is 4.73. The average molecular weight is 230 g/mol. The van der Waals surface area contributed by atoms with Crippen molar-refractivity contribution in [2.45, 2.75) is 25.3 Å². The van der Waals surface area contributed by atoms with Gasteiger partial charge < -0.3 is 4.90 Å². The predicted octanol–water partition coefficient (Wildman–Crippen LogP) is 2.33. The van der Waals surface area contributed by atoms with E-state index >= 15 is 0 Å². The summed E-state index contributed by atoms with van der Waals surface area (Å²) in [5.74, 6) is 0.659. The van der Waals surface area contributed by atoms with Crippen molar-refractivity contribution in [3.8, 4) is 0 Å². The number of likely N-dealkylation sites (tertiary alicyclic amines) is 1. The van der Waals surface area contributed by atoms with Crippen LogP contribution in [0.4, 0.5) is 0 Å². The molecule has 1 aliphatic rings. The minimum atomic E-state index is 0.448. The molecule has 90 valence electrons. The Morgan fingerprint density at radius 1 is 1.41 bits per heavy atom. The van der Waals surface area contributed by atoms with E-state index in [9.17, 15) is 4.79 Å². The number of aliphatic imine (C=N–C) groups is 1. The summed E-state index contributed by atoms with van der Waals surface area (Å²) in [6, 6.07) is 8.43. The van der Waals surface area contributed by atoms with Crippen molar-refractivity contribution in [3.05, 3.63) is 35.4 Å². The van der Waals surface area contributed by atoms with E-state index in [1.54, 1.807) is 6.08 Å². The van der Waals surface area contributed by atoms with Gasteiger partial charge in [-0.25, -0.2) is 9.79 Å². The smallest absolute Gasteiger partial charge is 0.235 e. The van der Waals surface area contributed by atoms with Gasteiger partial charge in [-0.05, 0) is 50.0 Å². The summed E-state index contributed by atoms with van der Waals surface area (Å²) in [5, 5.41) is 0. The van der Waals surface area contributed by atoms with Crippen LogP contribution < -0.4 is 0 Å². The molecule has 0 aliphatic carbocycles. The molecule has 0 spiro atoms. The number of hydrogen-bond donors (Lipinski definition) is 0. The highest BCUT2D eigenvalue weighted by molar-refractivity contribution is 5.34. The van der Waals surface area contributed by atoms with E-state index in [1.165, 1.54) is 31.5 Å². The summed E-state index contributed by atoms with van der Waals surface area (Å²) in [4.78, 5) is 16.1. The van der Waals surface area contributed by atoms with Crippen LogP contribution in [0, 0.1) is 0 Å². The monoisotopic (exact) mass is 230 g/mol. The lowest BCUT2D eigenvalue weighted by atomic mass is 9.89. The van der Waals surface area contributed by atoms with Gasteiger partial charge in [0.1, 0.15) is 0 Å². The molecule has 1 aromatic rings. The molecular weight excluding hydrogens is 212 g/mol. The number of piperidine rings is 1. The van der Waals surface area contributed by atoms with Crippen LogP contribution in [-0.4, -0.2) is 31.1 Å². The highest BCUT2D eigenvalue weighted by Crippen LogP contribution is 2.27. The van der Waals surface area contributed by atoms with E-state index in [1.807, 2.05) is 6.07 Å². The number of isocyanates is 1. The third-order valence-electron chi connectivity index (χ3n) is 3.47. The van der Waals surface area contributed by atoms with Crippen LogP contribution in [0.3, 0.4) is 0 Å². The zero-order chi connectivity index (χ0) is 12.1. The summed E-state index contributed by atoms with van der Waals surface area (Å²) < 4.78 is 0. The highest BCUT2D eigenvalue weighted by Gasteiger charge is 2.18. The first-order valence-electron chi connectivity index (χ1n) is 6.10. The molecule has 1 saturated heterocycles. The topological polar surface area (TPSA) is 32.7 Å². The van der Waals surface area contributed by atoms with Crippen molar-refractivity contribution < 1.29 is 4.79 Å². The minimum absolute atomic E-state index is 0.448. The van der Waals surface area contributed by atoms with Crippen molar-refractivity contribution in [2.75, 3.05) is 20.1 Å². The molecule has 3 nitrogen and oxygen atoms in total. The zero-order valence-corrected chi connectivity index (χ0v) is 10.2. The Kier molecular flexibility index (Phi) is 4.08. The quantitative estimate of drug-likeness (QED) is 0.589. The molecule has 0 bridgehead atoms. The minimum Gasteiger partial charge on any atom is -0.306 e. The zero-order valence-electron chi connectivity index (χ0n) is 10.2. The maximum Gasteiger partial charge on any atom is 0.235 e. The number of benzene rings is 1. The summed E-state index contributed by atoms with van der Waals surface area (Å²) in [6.45, 7) is 2.78. The molecule has 3 heteroatoms. The fraction of sp³-hybridized carbons (Fsp3) is 0.500. The van der Waals surface area contributed by atoms with E-state index in [2.05, 4.69) is 35.1 Å². The summed E-state index contributed by atoms with van der Waals surface area (Å²) in [6.07, 6.45) is 4.03. The summed E-state index contributed by atoms with van der Waals surface area (Å²) in [5.41, 5.74) is 2.49. The lowest BCUT2D eigenvalue weighted by Gasteiger charge is -2.29. The van der Waals surface area contributed by atoms with Crippen molar-refractivity contribution in [2.24, 2.45) is 4.99 Å². The highest BCUT2D eigenvalue weighted by atomic mass is 16.1. The predicted molar refractivity (Wildman–Crippen MR) is 67.7 cm³/mol. The molecule has 0 N–H and O–H groups in total. The number of rotatable bonds is 3. The first-order chi connectivity index (χ1) is 8.29. The fourth-order valence-electron chi connectivity index (χ4n) is 2.41. The molecule has 0 unspecified atom stereocenters. The molecule has 2 rings (SSSR count). The van der Waals surface area contributed by atoms with Crippen LogP contribution in [0.2, 0.25) is 0 Å². The Morgan fingerprint density at radius 2 is 2.18 bits per heavy atom. The second-order valence-corrected chi connectivity index (χ2v) is 4.73. The van der Waals surface area contributed by atoms with E-state index in [-0.39, 0.29) is 0 Å². The normalized spacial score (nSPS) is 17.7. The van der Waals surface area contributed by atoms with Gasteiger partial charge in [0.2, 0.25) is 6.08 Å². The Balaban J connectivity index is 2.07. The molecule has 1 heterocycles. The Bertz CT molecular complexity index is 416. The van der Waals surface area contributed by atoms with Crippen molar-refractivity contribution in [1.29, 1.82) is 0 Å². The van der Waals surface area contributed by atoms with Crippen LogP contribution in [0.5, 0.6) is 0 Å². The van der Waals surface area contributed by atoms with Crippen LogP contribution in [0.15, 0.2) is 29.3 Å². The van der Waals surface area contributed by atoms with Crippen molar-refractivity contribution in [1.82, 2.24) is 4.90 Å². The second kappa shape index (κ2) is 5.76. The van der Waals surface area contributed by atoms with Crippen LogP contribution >= 0.6 is 0 Å². The molecule has 0 atom stereocenters. The van der Waals surface area contributed by atoms with E-state index in [4.69, 9.17) is 0 Å². The van der Waals surface area contributed by atoms with Crippen molar-refractivity contribution in [3.63, 3.8) is 0 Å². The molecule has 0 aromatic heterocycles. The van der Waals surface area contributed by atoms with Gasteiger partial charge in [0.05, 0.1) is 6.54 Å². The third kappa shape index (κ3) is 3.26. The SMILES string of the molecule is CN1CCC(c2cccc(CN=C=O)c2)CC1. The van der Waals surface area contributed by atoms with Crippen LogP contribution in [0.1, 0.15) is 29.9 Å².